The fourth-order valence-electron chi connectivity index (χ4n) is 7.76. The highest BCUT2D eigenvalue weighted by Crippen LogP contribution is 2.43. The Morgan fingerprint density at radius 2 is 1.12 bits per heavy atom. The van der Waals surface area contributed by atoms with Gasteiger partial charge in [0.1, 0.15) is 17.2 Å². The molecule has 10 aromatic rings. The molecule has 0 atom stereocenters. The summed E-state index contributed by atoms with van der Waals surface area (Å²) in [6, 6.07) is 54.1. The maximum atomic E-state index is 10.5. The van der Waals surface area contributed by atoms with Crippen LogP contribution in [0.3, 0.4) is 0 Å². The van der Waals surface area contributed by atoms with Crippen LogP contribution in [0.1, 0.15) is 11.1 Å². The van der Waals surface area contributed by atoms with E-state index in [0.717, 1.165) is 88.1 Å². The van der Waals surface area contributed by atoms with Crippen molar-refractivity contribution in [1.29, 1.82) is 10.5 Å². The zero-order valence-electron chi connectivity index (χ0n) is 26.1. The van der Waals surface area contributed by atoms with Gasteiger partial charge in [-0.25, -0.2) is 0 Å². The second-order valence-corrected chi connectivity index (χ2v) is 12.3. The van der Waals surface area contributed by atoms with Gasteiger partial charge < -0.3 is 13.6 Å². The Morgan fingerprint density at radius 3 is 1.82 bits per heavy atom. The molecule has 49 heavy (non-hydrogen) atoms. The molecule has 5 heteroatoms. The summed E-state index contributed by atoms with van der Waals surface area (Å²) in [5.74, 6) is 0. The summed E-state index contributed by atoms with van der Waals surface area (Å²) in [5.41, 5.74) is 10.2. The van der Waals surface area contributed by atoms with Crippen molar-refractivity contribution in [1.82, 2.24) is 9.13 Å². The van der Waals surface area contributed by atoms with Crippen LogP contribution in [0.15, 0.2) is 150 Å². The molecule has 0 aliphatic rings. The molecule has 0 N–H and O–H groups in total. The number of hydrogen-bond donors (Lipinski definition) is 0. The summed E-state index contributed by atoms with van der Waals surface area (Å²) in [4.78, 5) is 0. The maximum absolute atomic E-state index is 10.5. The van der Waals surface area contributed by atoms with Gasteiger partial charge in [-0.3, -0.25) is 0 Å². The number of rotatable bonds is 3. The Hall–Kier alpha value is -7.08. The largest absolute Gasteiger partial charge is 0.456 e. The molecule has 0 aliphatic carbocycles. The zero-order valence-corrected chi connectivity index (χ0v) is 26.1. The SMILES string of the molecule is N#Cc1cc(-c2cccc(C#N)c2-n2c3ccccc3c3ccccc32)cc(-n2c3ccccc3c3ccc4oc5ccccc5c4c32)c1. The van der Waals surface area contributed by atoms with Gasteiger partial charge in [0.2, 0.25) is 0 Å². The van der Waals surface area contributed by atoms with Crippen molar-refractivity contribution in [2.45, 2.75) is 0 Å². The molecule has 0 aliphatic heterocycles. The molecule has 7 aromatic carbocycles. The zero-order chi connectivity index (χ0) is 32.6. The summed E-state index contributed by atoms with van der Waals surface area (Å²) in [6.45, 7) is 0. The number of para-hydroxylation sites is 5. The van der Waals surface area contributed by atoms with Gasteiger partial charge in [0, 0.05) is 38.2 Å². The van der Waals surface area contributed by atoms with Gasteiger partial charge in [0.25, 0.3) is 0 Å². The van der Waals surface area contributed by atoms with Crippen LogP contribution >= 0.6 is 0 Å². The summed E-state index contributed by atoms with van der Waals surface area (Å²) >= 11 is 0. The summed E-state index contributed by atoms with van der Waals surface area (Å²) < 4.78 is 10.8. The molecular weight excluding hydrogens is 601 g/mol. The Morgan fingerprint density at radius 1 is 0.490 bits per heavy atom. The minimum absolute atomic E-state index is 0.526. The van der Waals surface area contributed by atoms with E-state index in [4.69, 9.17) is 4.42 Å². The first-order valence-corrected chi connectivity index (χ1v) is 16.1. The second-order valence-electron chi connectivity index (χ2n) is 12.3. The van der Waals surface area contributed by atoms with Crippen LogP contribution in [0.2, 0.25) is 0 Å². The summed E-state index contributed by atoms with van der Waals surface area (Å²) in [5, 5.41) is 27.5. The number of furan rings is 1. The highest BCUT2D eigenvalue weighted by molar-refractivity contribution is 6.24. The lowest BCUT2D eigenvalue weighted by Crippen LogP contribution is -2.02. The Kier molecular flexibility index (Phi) is 5.64. The average molecular weight is 625 g/mol. The van der Waals surface area contributed by atoms with Crippen LogP contribution in [0.5, 0.6) is 0 Å². The quantitative estimate of drug-likeness (QED) is 0.196. The molecular formula is C44H24N4O. The summed E-state index contributed by atoms with van der Waals surface area (Å²) in [7, 11) is 0. The van der Waals surface area contributed by atoms with Gasteiger partial charge in [0.05, 0.1) is 50.3 Å². The first-order chi connectivity index (χ1) is 24.2. The molecule has 0 fully saturated rings. The third-order valence-corrected chi connectivity index (χ3v) is 9.75. The number of benzene rings is 7. The minimum Gasteiger partial charge on any atom is -0.456 e. The third kappa shape index (κ3) is 3.79. The van der Waals surface area contributed by atoms with E-state index in [1.165, 1.54) is 0 Å². The van der Waals surface area contributed by atoms with Crippen LogP contribution in [0.4, 0.5) is 0 Å². The maximum Gasteiger partial charge on any atom is 0.137 e. The highest BCUT2D eigenvalue weighted by atomic mass is 16.3. The van der Waals surface area contributed by atoms with Gasteiger partial charge in [-0.15, -0.1) is 0 Å². The van der Waals surface area contributed by atoms with Crippen molar-refractivity contribution >= 4 is 65.6 Å². The van der Waals surface area contributed by atoms with Crippen molar-refractivity contribution in [2.75, 3.05) is 0 Å². The fraction of sp³-hybridized carbons (Fsp3) is 0. The van der Waals surface area contributed by atoms with Gasteiger partial charge in [0.15, 0.2) is 0 Å². The fourth-order valence-corrected chi connectivity index (χ4v) is 7.76. The number of aromatic nitrogens is 2. The second kappa shape index (κ2) is 10.2. The first-order valence-electron chi connectivity index (χ1n) is 16.1. The molecule has 3 aromatic heterocycles. The molecule has 0 radical (unpaired) electrons. The van der Waals surface area contributed by atoms with Gasteiger partial charge >= 0.3 is 0 Å². The van der Waals surface area contributed by atoms with Crippen LogP contribution in [-0.4, -0.2) is 9.13 Å². The molecule has 226 valence electrons. The molecule has 3 heterocycles. The molecule has 0 amide bonds. The molecule has 0 saturated carbocycles. The third-order valence-electron chi connectivity index (χ3n) is 9.75. The van der Waals surface area contributed by atoms with Crippen molar-refractivity contribution in [2.24, 2.45) is 0 Å². The number of fused-ring (bicyclic) bond motifs is 10. The smallest absolute Gasteiger partial charge is 0.137 e. The van der Waals surface area contributed by atoms with Crippen molar-refractivity contribution in [3.8, 4) is 34.6 Å². The molecule has 0 spiro atoms. The molecule has 0 bridgehead atoms. The van der Waals surface area contributed by atoms with E-state index >= 15 is 0 Å². The summed E-state index contributed by atoms with van der Waals surface area (Å²) in [6.07, 6.45) is 0. The standard InChI is InChI=1S/C44H24N4O/c45-25-27-22-29(31-15-9-10-28(26-46)43(31)48-38-17-6-1-11-32(38)33-12-2-7-18-39(33)48)24-30(23-27)47-37-16-5-3-13-34(37)35-20-21-41-42(44(35)47)36-14-4-8-19-40(36)49-41/h1-24H. The van der Waals surface area contributed by atoms with Gasteiger partial charge in [-0.2, -0.15) is 10.5 Å². The van der Waals surface area contributed by atoms with Crippen LogP contribution in [0, 0.1) is 22.7 Å². The van der Waals surface area contributed by atoms with Crippen LogP contribution < -0.4 is 0 Å². The first kappa shape index (κ1) is 27.1. The monoisotopic (exact) mass is 624 g/mol. The van der Waals surface area contributed by atoms with Crippen molar-refractivity contribution in [3.05, 3.63) is 157 Å². The highest BCUT2D eigenvalue weighted by Gasteiger charge is 2.22. The lowest BCUT2D eigenvalue weighted by molar-refractivity contribution is 0.669. The molecule has 0 unspecified atom stereocenters. The molecule has 10 rings (SSSR count). The van der Waals surface area contributed by atoms with E-state index < -0.39 is 0 Å². The van der Waals surface area contributed by atoms with E-state index in [1.54, 1.807) is 0 Å². The average Bonchev–Trinajstić information content (AvgIpc) is 3.82. The van der Waals surface area contributed by atoms with E-state index in [9.17, 15) is 10.5 Å². The van der Waals surface area contributed by atoms with E-state index in [2.05, 4.69) is 88.0 Å². The Bertz CT molecular complexity index is 3030. The lowest BCUT2D eigenvalue weighted by Gasteiger charge is -2.17. The normalized spacial score (nSPS) is 11.6. The predicted molar refractivity (Wildman–Crippen MR) is 197 cm³/mol. The Labute approximate surface area is 280 Å². The Balaban J connectivity index is 1.33. The minimum atomic E-state index is 0.526. The topological polar surface area (TPSA) is 70.6 Å². The number of nitrogens with zero attached hydrogens (tertiary/aromatic N) is 4. The molecule has 5 nitrogen and oxygen atoms in total. The van der Waals surface area contributed by atoms with E-state index in [-0.39, 0.29) is 0 Å². The van der Waals surface area contributed by atoms with Gasteiger partial charge in [-0.1, -0.05) is 84.9 Å². The van der Waals surface area contributed by atoms with Crippen molar-refractivity contribution < 1.29 is 4.42 Å². The predicted octanol–water partition coefficient (Wildman–Crippen LogP) is 11.2. The number of nitriles is 2. The van der Waals surface area contributed by atoms with Crippen molar-refractivity contribution in [3.63, 3.8) is 0 Å². The van der Waals surface area contributed by atoms with Crippen LogP contribution in [-0.2, 0) is 0 Å². The van der Waals surface area contributed by atoms with Gasteiger partial charge in [-0.05, 0) is 66.2 Å². The lowest BCUT2D eigenvalue weighted by atomic mass is 9.97. The van der Waals surface area contributed by atoms with E-state index in [1.807, 2.05) is 78.9 Å². The number of hydrogen-bond acceptors (Lipinski definition) is 3. The van der Waals surface area contributed by atoms with Crippen LogP contribution in [0.25, 0.3) is 88.1 Å². The van der Waals surface area contributed by atoms with E-state index in [0.29, 0.717) is 11.1 Å². The molecule has 0 saturated heterocycles.